The number of carbonyl (C=O) groups is 1. The lowest BCUT2D eigenvalue weighted by Gasteiger charge is -2.10. The molecule has 112 valence electrons. The second-order valence-electron chi connectivity index (χ2n) is 5.57. The molecular weight excluding hydrogens is 284 g/mol. The topological polar surface area (TPSA) is 51.2 Å². The van der Waals surface area contributed by atoms with E-state index in [1.807, 2.05) is 6.07 Å². The molecule has 0 aromatic carbocycles. The summed E-state index contributed by atoms with van der Waals surface area (Å²) < 4.78 is 5.53. The van der Waals surface area contributed by atoms with Crippen molar-refractivity contribution >= 4 is 35.2 Å². The lowest BCUT2D eigenvalue weighted by Crippen LogP contribution is -2.32. The van der Waals surface area contributed by atoms with E-state index in [9.17, 15) is 4.79 Å². The van der Waals surface area contributed by atoms with Crippen LogP contribution in [0.25, 0.3) is 11.0 Å². The summed E-state index contributed by atoms with van der Waals surface area (Å²) in [5, 5.41) is 4.91. The number of hydrogen-bond acceptors (Lipinski definition) is 4. The van der Waals surface area contributed by atoms with Crippen LogP contribution in [0.3, 0.4) is 0 Å². The molecule has 0 bridgehead atoms. The fourth-order valence-corrected chi connectivity index (χ4v) is 3.13. The van der Waals surface area contributed by atoms with E-state index in [1.54, 1.807) is 6.20 Å². The van der Waals surface area contributed by atoms with Crippen LogP contribution in [0.15, 0.2) is 12.3 Å². The van der Waals surface area contributed by atoms with Crippen LogP contribution in [-0.2, 0) is 9.53 Å². The molecule has 2 aliphatic rings. The molecule has 1 aliphatic carbocycles. The van der Waals surface area contributed by atoms with Gasteiger partial charge in [-0.25, -0.2) is 0 Å². The minimum absolute atomic E-state index is 0.0261. The summed E-state index contributed by atoms with van der Waals surface area (Å²) >= 11 is 4.46. The first-order valence-corrected chi connectivity index (χ1v) is 7.97. The molecule has 5 heteroatoms. The number of hydrogen-bond donors (Lipinski definition) is 2. The van der Waals surface area contributed by atoms with Gasteiger partial charge in [-0.3, -0.25) is 9.78 Å². The van der Waals surface area contributed by atoms with Gasteiger partial charge in [-0.15, -0.1) is 12.6 Å². The summed E-state index contributed by atoms with van der Waals surface area (Å²) in [5.41, 5.74) is 0.755. The summed E-state index contributed by atoms with van der Waals surface area (Å²) in [4.78, 5) is 17.4. The Labute approximate surface area is 129 Å². The Balaban J connectivity index is 1.63. The zero-order chi connectivity index (χ0) is 14.7. The number of aromatic nitrogens is 1. The van der Waals surface area contributed by atoms with Crippen molar-refractivity contribution in [3.8, 4) is 0 Å². The average Bonchev–Trinajstić information content (AvgIpc) is 2.99. The SMILES string of the molecule is O=C(CCC1CCCO1)Nc1cnc2c(c1)=CCCC=2S. The molecule has 1 aromatic rings. The molecule has 1 unspecified atom stereocenters. The van der Waals surface area contributed by atoms with Crippen molar-refractivity contribution in [3.05, 3.63) is 22.8 Å². The lowest BCUT2D eigenvalue weighted by molar-refractivity contribution is -0.116. The average molecular weight is 304 g/mol. The standard InChI is InChI=1S/C16H20N2O2S/c19-15(7-6-13-4-2-8-20-13)18-12-9-11-3-1-5-14(21)16(11)17-10-12/h3,9-10,13,21H,1-2,4-8H2,(H,18,19). The third-order valence-corrected chi connectivity index (χ3v) is 4.37. The van der Waals surface area contributed by atoms with Gasteiger partial charge in [0.1, 0.15) is 0 Å². The maximum atomic E-state index is 12.0. The van der Waals surface area contributed by atoms with Gasteiger partial charge >= 0.3 is 0 Å². The van der Waals surface area contributed by atoms with Gasteiger partial charge in [-0.2, -0.15) is 0 Å². The van der Waals surface area contributed by atoms with Crippen LogP contribution in [0.5, 0.6) is 0 Å². The van der Waals surface area contributed by atoms with Crippen molar-refractivity contribution in [2.45, 2.75) is 44.6 Å². The van der Waals surface area contributed by atoms with Crippen molar-refractivity contribution in [3.63, 3.8) is 0 Å². The smallest absolute Gasteiger partial charge is 0.224 e. The van der Waals surface area contributed by atoms with E-state index in [-0.39, 0.29) is 12.0 Å². The summed E-state index contributed by atoms with van der Waals surface area (Å²) in [7, 11) is 0. The zero-order valence-corrected chi connectivity index (χ0v) is 12.9. The minimum atomic E-state index is 0.0261. The first kappa shape index (κ1) is 14.6. The van der Waals surface area contributed by atoms with Crippen LogP contribution in [0.2, 0.25) is 0 Å². The van der Waals surface area contributed by atoms with Crippen LogP contribution >= 0.6 is 12.6 Å². The molecule has 1 aromatic heterocycles. The molecule has 1 atom stereocenters. The predicted molar refractivity (Wildman–Crippen MR) is 86.4 cm³/mol. The van der Waals surface area contributed by atoms with E-state index in [2.05, 4.69) is 29.0 Å². The maximum absolute atomic E-state index is 12.0. The predicted octanol–water partition coefficient (Wildman–Crippen LogP) is 1.59. The Morgan fingerprint density at radius 1 is 1.52 bits per heavy atom. The molecular formula is C16H20N2O2S. The largest absolute Gasteiger partial charge is 0.378 e. The Morgan fingerprint density at radius 2 is 2.43 bits per heavy atom. The van der Waals surface area contributed by atoms with E-state index in [0.29, 0.717) is 6.42 Å². The van der Waals surface area contributed by atoms with Gasteiger partial charge in [0.2, 0.25) is 5.91 Å². The Bertz CT molecular complexity index is 651. The van der Waals surface area contributed by atoms with Gasteiger partial charge in [-0.05, 0) is 43.4 Å². The molecule has 3 rings (SSSR count). The molecule has 1 saturated heterocycles. The lowest BCUT2D eigenvalue weighted by atomic mass is 10.1. The van der Waals surface area contributed by atoms with E-state index < -0.39 is 0 Å². The fourth-order valence-electron chi connectivity index (χ4n) is 2.82. The highest BCUT2D eigenvalue weighted by Crippen LogP contribution is 2.17. The highest BCUT2D eigenvalue weighted by Gasteiger charge is 2.16. The van der Waals surface area contributed by atoms with E-state index in [4.69, 9.17) is 4.74 Å². The highest BCUT2D eigenvalue weighted by molar-refractivity contribution is 7.90. The fraction of sp³-hybridized carbons (Fsp3) is 0.500. The van der Waals surface area contributed by atoms with Crippen molar-refractivity contribution in [2.24, 2.45) is 0 Å². The first-order chi connectivity index (χ1) is 10.2. The molecule has 0 radical (unpaired) electrons. The summed E-state index contributed by atoms with van der Waals surface area (Å²) in [6.07, 6.45) is 9.50. The van der Waals surface area contributed by atoms with Gasteiger partial charge < -0.3 is 10.1 Å². The second kappa shape index (κ2) is 6.62. The molecule has 2 heterocycles. The zero-order valence-electron chi connectivity index (χ0n) is 12.0. The Kier molecular flexibility index (Phi) is 4.60. The molecule has 21 heavy (non-hydrogen) atoms. The van der Waals surface area contributed by atoms with Crippen LogP contribution in [0.1, 0.15) is 38.5 Å². The van der Waals surface area contributed by atoms with Gasteiger partial charge in [0.05, 0.1) is 23.3 Å². The number of amides is 1. The van der Waals surface area contributed by atoms with Gasteiger partial charge in [0, 0.05) is 17.9 Å². The number of rotatable bonds is 4. The quantitative estimate of drug-likeness (QED) is 0.831. The molecule has 1 fully saturated rings. The third-order valence-electron chi connectivity index (χ3n) is 3.94. The maximum Gasteiger partial charge on any atom is 0.224 e. The van der Waals surface area contributed by atoms with Crippen LogP contribution < -0.4 is 15.9 Å². The molecule has 1 N–H and O–H groups in total. The van der Waals surface area contributed by atoms with E-state index in [1.165, 1.54) is 0 Å². The number of pyridine rings is 1. The van der Waals surface area contributed by atoms with E-state index in [0.717, 1.165) is 59.9 Å². The molecule has 1 amide bonds. The van der Waals surface area contributed by atoms with Crippen molar-refractivity contribution < 1.29 is 9.53 Å². The molecule has 4 nitrogen and oxygen atoms in total. The summed E-state index contributed by atoms with van der Waals surface area (Å²) in [6, 6.07) is 1.97. The normalized spacial score (nSPS) is 20.8. The molecule has 0 saturated carbocycles. The summed E-state index contributed by atoms with van der Waals surface area (Å²) in [5.74, 6) is 0.0261. The van der Waals surface area contributed by atoms with Crippen LogP contribution in [0, 0.1) is 0 Å². The second-order valence-corrected chi connectivity index (χ2v) is 6.11. The number of nitrogens with one attached hydrogen (secondary N) is 1. The Hall–Kier alpha value is -1.33. The third kappa shape index (κ3) is 3.66. The highest BCUT2D eigenvalue weighted by atomic mass is 32.1. The molecule has 1 aliphatic heterocycles. The van der Waals surface area contributed by atoms with Crippen LogP contribution in [-0.4, -0.2) is 23.6 Å². The first-order valence-electron chi connectivity index (χ1n) is 7.52. The number of thiol groups is 1. The van der Waals surface area contributed by atoms with Crippen molar-refractivity contribution in [1.82, 2.24) is 4.98 Å². The van der Waals surface area contributed by atoms with Crippen molar-refractivity contribution in [1.29, 1.82) is 0 Å². The number of nitrogens with zero attached hydrogens (tertiary/aromatic N) is 1. The Morgan fingerprint density at radius 3 is 3.24 bits per heavy atom. The number of ether oxygens (including phenoxy) is 1. The van der Waals surface area contributed by atoms with E-state index >= 15 is 0 Å². The minimum Gasteiger partial charge on any atom is -0.378 e. The van der Waals surface area contributed by atoms with Gasteiger partial charge in [0.15, 0.2) is 0 Å². The van der Waals surface area contributed by atoms with Gasteiger partial charge in [0.25, 0.3) is 0 Å². The number of anilines is 1. The van der Waals surface area contributed by atoms with Crippen molar-refractivity contribution in [2.75, 3.05) is 11.9 Å². The number of carbonyl (C=O) groups excluding carboxylic acids is 1. The molecule has 0 spiro atoms. The van der Waals surface area contributed by atoms with Gasteiger partial charge in [-0.1, -0.05) is 6.08 Å². The monoisotopic (exact) mass is 304 g/mol. The summed E-state index contributed by atoms with van der Waals surface area (Å²) in [6.45, 7) is 0.833. The number of fused-ring (bicyclic) bond motifs is 1. The van der Waals surface area contributed by atoms with Crippen LogP contribution in [0.4, 0.5) is 5.69 Å².